The normalized spacial score (nSPS) is 14.6. The Morgan fingerprint density at radius 2 is 1.75 bits per heavy atom. The van der Waals surface area contributed by atoms with Crippen molar-refractivity contribution in [1.82, 2.24) is 15.0 Å². The maximum atomic E-state index is 6.31. The van der Waals surface area contributed by atoms with Gasteiger partial charge in [-0.05, 0) is 43.2 Å². The summed E-state index contributed by atoms with van der Waals surface area (Å²) >= 11 is 12.3. The van der Waals surface area contributed by atoms with Crippen molar-refractivity contribution in [2.24, 2.45) is 0 Å². The van der Waals surface area contributed by atoms with Crippen molar-refractivity contribution < 1.29 is 0 Å². The fourth-order valence-corrected chi connectivity index (χ4v) is 3.84. The molecule has 0 radical (unpaired) electrons. The largest absolute Gasteiger partial charge is 0.351 e. The maximum absolute atomic E-state index is 6.31. The van der Waals surface area contributed by atoms with Crippen LogP contribution in [0.5, 0.6) is 0 Å². The molecule has 2 N–H and O–H groups in total. The van der Waals surface area contributed by atoms with E-state index in [9.17, 15) is 0 Å². The summed E-state index contributed by atoms with van der Waals surface area (Å²) in [6, 6.07) is 13.4. The third kappa shape index (κ3) is 4.72. The van der Waals surface area contributed by atoms with Crippen LogP contribution in [-0.4, -0.2) is 21.0 Å². The summed E-state index contributed by atoms with van der Waals surface area (Å²) in [5.41, 5.74) is 2.28. The van der Waals surface area contributed by atoms with Crippen molar-refractivity contribution >= 4 is 40.7 Å². The molecule has 1 aromatic carbocycles. The molecule has 0 bridgehead atoms. The second-order valence-corrected chi connectivity index (χ2v) is 7.75. The molecule has 0 atom stereocenters. The van der Waals surface area contributed by atoms with Crippen LogP contribution in [0.2, 0.25) is 10.0 Å². The molecule has 0 aliphatic heterocycles. The number of hydrogen-bond donors (Lipinski definition) is 2. The van der Waals surface area contributed by atoms with Crippen LogP contribution in [0.1, 0.15) is 32.1 Å². The summed E-state index contributed by atoms with van der Waals surface area (Å²) in [5, 5.41) is 7.90. The molecule has 0 amide bonds. The lowest BCUT2D eigenvalue weighted by molar-refractivity contribution is 0.461. The van der Waals surface area contributed by atoms with E-state index in [1.54, 1.807) is 18.3 Å². The number of rotatable bonds is 5. The highest BCUT2D eigenvalue weighted by Gasteiger charge is 2.16. The van der Waals surface area contributed by atoms with Gasteiger partial charge in [0.25, 0.3) is 0 Å². The Labute approximate surface area is 174 Å². The average Bonchev–Trinajstić information content (AvgIpc) is 2.71. The summed E-state index contributed by atoms with van der Waals surface area (Å²) in [6.07, 6.45) is 7.82. The van der Waals surface area contributed by atoms with Gasteiger partial charge in [-0.1, -0.05) is 48.5 Å². The number of nitrogens with one attached hydrogen (secondary N) is 2. The molecule has 1 fully saturated rings. The molecular weight excluding hydrogens is 393 g/mol. The lowest BCUT2D eigenvalue weighted by Crippen LogP contribution is -2.23. The van der Waals surface area contributed by atoms with E-state index in [0.29, 0.717) is 27.9 Å². The molecular formula is C21H21Cl2N5. The number of aromatic nitrogens is 3. The van der Waals surface area contributed by atoms with Gasteiger partial charge in [0.2, 0.25) is 5.95 Å². The molecule has 2 aromatic heterocycles. The number of nitrogens with zero attached hydrogens (tertiary/aromatic N) is 3. The third-order valence-electron chi connectivity index (χ3n) is 4.79. The lowest BCUT2D eigenvalue weighted by Gasteiger charge is -2.23. The van der Waals surface area contributed by atoms with Crippen molar-refractivity contribution in [3.63, 3.8) is 0 Å². The molecule has 1 aliphatic rings. The van der Waals surface area contributed by atoms with Gasteiger partial charge in [-0.25, -0.2) is 4.98 Å². The Kier molecular flexibility index (Phi) is 5.93. The zero-order chi connectivity index (χ0) is 19.3. The number of benzene rings is 1. The maximum Gasteiger partial charge on any atom is 0.225 e. The molecule has 1 saturated carbocycles. The van der Waals surface area contributed by atoms with E-state index < -0.39 is 0 Å². The van der Waals surface area contributed by atoms with Crippen LogP contribution < -0.4 is 10.6 Å². The van der Waals surface area contributed by atoms with Crippen molar-refractivity contribution in [3.8, 4) is 11.4 Å². The topological polar surface area (TPSA) is 62.7 Å². The van der Waals surface area contributed by atoms with Crippen molar-refractivity contribution in [3.05, 3.63) is 58.7 Å². The van der Waals surface area contributed by atoms with Gasteiger partial charge >= 0.3 is 0 Å². The molecule has 2 heterocycles. The van der Waals surface area contributed by atoms with E-state index in [2.05, 4.69) is 20.6 Å². The number of hydrogen-bond acceptors (Lipinski definition) is 5. The fourth-order valence-electron chi connectivity index (χ4n) is 3.38. The smallest absolute Gasteiger partial charge is 0.225 e. The fraction of sp³-hybridized carbons (Fsp3) is 0.286. The van der Waals surface area contributed by atoms with Crippen LogP contribution >= 0.6 is 23.2 Å². The van der Waals surface area contributed by atoms with Gasteiger partial charge in [0, 0.05) is 23.3 Å². The van der Waals surface area contributed by atoms with E-state index in [1.165, 1.54) is 19.3 Å². The van der Waals surface area contributed by atoms with Crippen LogP contribution in [-0.2, 0) is 0 Å². The quantitative estimate of drug-likeness (QED) is 0.511. The Morgan fingerprint density at radius 1 is 0.893 bits per heavy atom. The Bertz CT molecular complexity index is 943. The van der Waals surface area contributed by atoms with Gasteiger partial charge in [-0.15, -0.1) is 0 Å². The van der Waals surface area contributed by atoms with E-state index in [-0.39, 0.29) is 0 Å². The van der Waals surface area contributed by atoms with Gasteiger partial charge in [-0.2, -0.15) is 4.98 Å². The van der Waals surface area contributed by atoms with Crippen molar-refractivity contribution in [1.29, 1.82) is 0 Å². The molecule has 0 unspecified atom stereocenters. The zero-order valence-electron chi connectivity index (χ0n) is 15.3. The zero-order valence-corrected chi connectivity index (χ0v) is 16.8. The van der Waals surface area contributed by atoms with Crippen molar-refractivity contribution in [2.45, 2.75) is 38.1 Å². The minimum atomic E-state index is 0.403. The summed E-state index contributed by atoms with van der Waals surface area (Å²) in [6.45, 7) is 0. The van der Waals surface area contributed by atoms with Crippen LogP contribution in [0, 0.1) is 0 Å². The first-order valence-corrected chi connectivity index (χ1v) is 10.2. The van der Waals surface area contributed by atoms with Crippen molar-refractivity contribution in [2.75, 3.05) is 10.6 Å². The first-order valence-electron chi connectivity index (χ1n) is 9.46. The lowest BCUT2D eigenvalue weighted by atomic mass is 9.96. The predicted molar refractivity (Wildman–Crippen MR) is 116 cm³/mol. The summed E-state index contributed by atoms with van der Waals surface area (Å²) in [4.78, 5) is 13.8. The summed E-state index contributed by atoms with van der Waals surface area (Å²) in [5.74, 6) is 1.25. The van der Waals surface area contributed by atoms with Gasteiger partial charge in [-0.3, -0.25) is 4.98 Å². The predicted octanol–water partition coefficient (Wildman–Crippen LogP) is 6.33. The third-order valence-corrected chi connectivity index (χ3v) is 5.33. The molecule has 1 aliphatic carbocycles. The second-order valence-electron chi connectivity index (χ2n) is 6.91. The average molecular weight is 414 g/mol. The Balaban J connectivity index is 1.66. The molecule has 4 rings (SSSR count). The molecule has 7 heteroatoms. The van der Waals surface area contributed by atoms with Gasteiger partial charge in [0.05, 0.1) is 22.1 Å². The highest BCUT2D eigenvalue weighted by molar-refractivity contribution is 6.36. The first kappa shape index (κ1) is 19.0. The molecule has 0 spiro atoms. The summed E-state index contributed by atoms with van der Waals surface area (Å²) in [7, 11) is 0. The van der Waals surface area contributed by atoms with E-state index in [0.717, 1.165) is 29.9 Å². The van der Waals surface area contributed by atoms with Crippen LogP contribution in [0.25, 0.3) is 11.4 Å². The second kappa shape index (κ2) is 8.76. The number of pyridine rings is 1. The molecule has 28 heavy (non-hydrogen) atoms. The van der Waals surface area contributed by atoms with E-state index >= 15 is 0 Å². The van der Waals surface area contributed by atoms with Crippen LogP contribution in [0.3, 0.4) is 0 Å². The number of anilines is 3. The van der Waals surface area contributed by atoms with Gasteiger partial charge in [0.15, 0.2) is 0 Å². The Hall–Kier alpha value is -2.37. The SMILES string of the molecule is Clc1ccc(Nc2cc(-c3ccccn3)nc(NC3CCCCC3)n2)c(Cl)c1. The number of halogens is 2. The first-order chi connectivity index (χ1) is 13.7. The minimum Gasteiger partial charge on any atom is -0.351 e. The summed E-state index contributed by atoms with van der Waals surface area (Å²) < 4.78 is 0. The molecule has 0 saturated heterocycles. The van der Waals surface area contributed by atoms with Crippen LogP contribution in [0.15, 0.2) is 48.7 Å². The monoisotopic (exact) mass is 413 g/mol. The highest BCUT2D eigenvalue weighted by atomic mass is 35.5. The van der Waals surface area contributed by atoms with E-state index in [4.69, 9.17) is 28.2 Å². The van der Waals surface area contributed by atoms with Gasteiger partial charge in [0.1, 0.15) is 5.82 Å². The molecule has 144 valence electrons. The van der Waals surface area contributed by atoms with Gasteiger partial charge < -0.3 is 10.6 Å². The molecule has 3 aromatic rings. The molecule has 5 nitrogen and oxygen atoms in total. The standard InChI is InChI=1S/C21H21Cl2N5/c22-14-9-10-17(16(23)12-14)26-20-13-19(18-8-4-5-11-24-18)27-21(28-20)25-15-6-2-1-3-7-15/h4-5,8-13,15H,1-3,6-7H2,(H2,25,26,27,28). The minimum absolute atomic E-state index is 0.403. The highest BCUT2D eigenvalue weighted by Crippen LogP contribution is 2.30. The Morgan fingerprint density at radius 3 is 2.50 bits per heavy atom. The van der Waals surface area contributed by atoms with E-state index in [1.807, 2.05) is 30.3 Å². The van der Waals surface area contributed by atoms with Crippen LogP contribution in [0.4, 0.5) is 17.5 Å².